The van der Waals surface area contributed by atoms with Crippen LogP contribution in [0.4, 0.5) is 0 Å². The van der Waals surface area contributed by atoms with E-state index in [2.05, 4.69) is 0 Å². The summed E-state index contributed by atoms with van der Waals surface area (Å²) in [5.41, 5.74) is 0.954. The van der Waals surface area contributed by atoms with Crippen LogP contribution in [0.3, 0.4) is 0 Å². The van der Waals surface area contributed by atoms with E-state index in [9.17, 15) is 19.8 Å². The third-order valence-corrected chi connectivity index (χ3v) is 4.05. The van der Waals surface area contributed by atoms with E-state index in [4.69, 9.17) is 19.3 Å². The van der Waals surface area contributed by atoms with Gasteiger partial charge in [0.1, 0.15) is 11.5 Å². The minimum absolute atomic E-state index is 0.0685. The van der Waals surface area contributed by atoms with E-state index in [1.165, 1.54) is 32.4 Å². The van der Waals surface area contributed by atoms with Crippen LogP contribution in [0.2, 0.25) is 0 Å². The third kappa shape index (κ3) is 3.24. The number of phenols is 2. The molecule has 0 saturated heterocycles. The zero-order chi connectivity index (χ0) is 19.7. The van der Waals surface area contributed by atoms with Crippen LogP contribution in [-0.4, -0.2) is 41.3 Å². The van der Waals surface area contributed by atoms with Gasteiger partial charge in [-0.05, 0) is 35.9 Å². The Morgan fingerprint density at radius 3 is 2.33 bits per heavy atom. The van der Waals surface area contributed by atoms with E-state index in [-0.39, 0.29) is 35.0 Å². The normalized spacial score (nSPS) is 14.0. The molecule has 0 amide bonds. The molecule has 3 N–H and O–H groups in total. The summed E-state index contributed by atoms with van der Waals surface area (Å²) in [4.78, 5) is 23.5. The number of allylic oxidation sites excluding steroid dienone is 1. The number of phenolic OH excluding ortho intramolecular Hbond substituents is 2. The van der Waals surface area contributed by atoms with Gasteiger partial charge in [0, 0.05) is 5.56 Å². The number of carboxylic acid groups (broad SMARTS) is 1. The van der Waals surface area contributed by atoms with Crippen molar-refractivity contribution in [3.63, 3.8) is 0 Å². The predicted octanol–water partition coefficient (Wildman–Crippen LogP) is 2.36. The molecule has 27 heavy (non-hydrogen) atoms. The Bertz CT molecular complexity index is 949. The molecule has 0 radical (unpaired) electrons. The van der Waals surface area contributed by atoms with Crippen molar-refractivity contribution in [1.29, 1.82) is 0 Å². The number of aromatic hydroxyl groups is 2. The van der Waals surface area contributed by atoms with Crippen molar-refractivity contribution in [3.8, 4) is 28.7 Å². The van der Waals surface area contributed by atoms with Crippen LogP contribution >= 0.6 is 0 Å². The fourth-order valence-corrected chi connectivity index (χ4v) is 2.79. The molecule has 0 aromatic heterocycles. The Hall–Kier alpha value is -3.68. The average molecular weight is 372 g/mol. The number of carbonyl (C=O) groups is 2. The summed E-state index contributed by atoms with van der Waals surface area (Å²) in [6.07, 6.45) is 1.12. The lowest BCUT2D eigenvalue weighted by Crippen LogP contribution is -2.05. The fraction of sp³-hybridized carbons (Fsp3) is 0.158. The van der Waals surface area contributed by atoms with Gasteiger partial charge in [0.25, 0.3) is 0 Å². The summed E-state index contributed by atoms with van der Waals surface area (Å²) in [5.74, 6) is -2.04. The molecule has 0 aliphatic carbocycles. The summed E-state index contributed by atoms with van der Waals surface area (Å²) in [5, 5.41) is 28.5. The maximum Gasteiger partial charge on any atom is 0.308 e. The molecule has 3 rings (SSSR count). The largest absolute Gasteiger partial charge is 0.504 e. The predicted molar refractivity (Wildman–Crippen MR) is 93.6 cm³/mol. The molecule has 0 fully saturated rings. The molecule has 8 heteroatoms. The van der Waals surface area contributed by atoms with Gasteiger partial charge in [-0.1, -0.05) is 0 Å². The lowest BCUT2D eigenvalue weighted by atomic mass is 10.0. The van der Waals surface area contributed by atoms with Crippen LogP contribution in [0.25, 0.3) is 6.08 Å². The van der Waals surface area contributed by atoms with E-state index in [1.807, 2.05) is 0 Å². The lowest BCUT2D eigenvalue weighted by molar-refractivity contribution is -0.136. The molecule has 0 saturated carbocycles. The molecule has 140 valence electrons. The van der Waals surface area contributed by atoms with Gasteiger partial charge in [-0.2, -0.15) is 0 Å². The van der Waals surface area contributed by atoms with Gasteiger partial charge in [-0.3, -0.25) is 9.59 Å². The minimum Gasteiger partial charge on any atom is -0.504 e. The van der Waals surface area contributed by atoms with Crippen molar-refractivity contribution >= 4 is 17.8 Å². The van der Waals surface area contributed by atoms with Crippen molar-refractivity contribution in [2.75, 3.05) is 14.2 Å². The Morgan fingerprint density at radius 1 is 1.15 bits per heavy atom. The van der Waals surface area contributed by atoms with Crippen LogP contribution in [0, 0.1) is 0 Å². The Kier molecular flexibility index (Phi) is 4.64. The van der Waals surface area contributed by atoms with Crippen LogP contribution in [0.15, 0.2) is 30.0 Å². The molecule has 1 aliphatic rings. The number of rotatable bonds is 5. The number of carboxylic acids is 1. The average Bonchev–Trinajstić information content (AvgIpc) is 2.95. The molecule has 2 aromatic rings. The molecule has 0 bridgehead atoms. The van der Waals surface area contributed by atoms with E-state index >= 15 is 0 Å². The highest BCUT2D eigenvalue weighted by molar-refractivity contribution is 6.15. The van der Waals surface area contributed by atoms with Crippen LogP contribution < -0.4 is 14.2 Å². The van der Waals surface area contributed by atoms with E-state index in [0.29, 0.717) is 11.1 Å². The number of methoxy groups -OCH3 is 2. The second-order valence-electron chi connectivity index (χ2n) is 5.72. The number of ether oxygens (including phenoxy) is 3. The Labute approximate surface area is 153 Å². The summed E-state index contributed by atoms with van der Waals surface area (Å²) in [6.45, 7) is 0. The number of benzene rings is 2. The number of hydrogen-bond acceptors (Lipinski definition) is 7. The summed E-state index contributed by atoms with van der Waals surface area (Å²) in [7, 11) is 2.79. The smallest absolute Gasteiger partial charge is 0.308 e. The van der Waals surface area contributed by atoms with E-state index in [1.54, 1.807) is 12.1 Å². The lowest BCUT2D eigenvalue weighted by Gasteiger charge is -2.13. The van der Waals surface area contributed by atoms with Gasteiger partial charge in [0.15, 0.2) is 17.3 Å². The van der Waals surface area contributed by atoms with Crippen LogP contribution in [0.5, 0.6) is 28.7 Å². The van der Waals surface area contributed by atoms with Crippen molar-refractivity contribution < 1.29 is 39.1 Å². The highest BCUT2D eigenvalue weighted by atomic mass is 16.5. The number of aliphatic carboxylic acids is 1. The van der Waals surface area contributed by atoms with Crippen molar-refractivity contribution in [3.05, 3.63) is 46.7 Å². The zero-order valence-corrected chi connectivity index (χ0v) is 14.5. The van der Waals surface area contributed by atoms with Crippen LogP contribution in [-0.2, 0) is 11.2 Å². The fourth-order valence-electron chi connectivity index (χ4n) is 2.79. The topological polar surface area (TPSA) is 123 Å². The van der Waals surface area contributed by atoms with Gasteiger partial charge >= 0.3 is 5.97 Å². The summed E-state index contributed by atoms with van der Waals surface area (Å²) < 4.78 is 15.9. The monoisotopic (exact) mass is 372 g/mol. The molecule has 0 unspecified atom stereocenters. The first-order valence-electron chi connectivity index (χ1n) is 7.81. The van der Waals surface area contributed by atoms with Crippen LogP contribution in [0.1, 0.15) is 21.5 Å². The SMILES string of the molecule is COc1cc(/C=C2\Oc3c(ccc(O)c3O)C2=O)cc(OC)c1CC(=O)O. The number of hydrogen-bond donors (Lipinski definition) is 3. The van der Waals surface area contributed by atoms with Gasteiger partial charge < -0.3 is 29.5 Å². The number of carbonyl (C=O) groups excluding carboxylic acids is 1. The molecule has 8 nitrogen and oxygen atoms in total. The molecule has 1 aliphatic heterocycles. The second-order valence-corrected chi connectivity index (χ2v) is 5.72. The molecule has 0 spiro atoms. The van der Waals surface area contributed by atoms with Crippen molar-refractivity contribution in [2.24, 2.45) is 0 Å². The zero-order valence-electron chi connectivity index (χ0n) is 14.5. The minimum atomic E-state index is -1.04. The number of fused-ring (bicyclic) bond motifs is 1. The standard InChI is InChI=1S/C19H16O8/c1-25-13-5-9(6-14(26-2)11(13)8-16(21)22)7-15-17(23)10-3-4-12(20)18(24)19(10)27-15/h3-7,20,24H,8H2,1-2H3,(H,21,22)/b15-7-. The van der Waals surface area contributed by atoms with Gasteiger partial charge in [-0.25, -0.2) is 0 Å². The maximum absolute atomic E-state index is 12.5. The van der Waals surface area contributed by atoms with Crippen molar-refractivity contribution in [2.45, 2.75) is 6.42 Å². The van der Waals surface area contributed by atoms with E-state index in [0.717, 1.165) is 0 Å². The van der Waals surface area contributed by atoms with E-state index < -0.39 is 23.3 Å². The molecular formula is C19H16O8. The molecule has 0 atom stereocenters. The Balaban J connectivity index is 2.04. The molecule has 2 aromatic carbocycles. The van der Waals surface area contributed by atoms with Gasteiger partial charge in [0.2, 0.25) is 11.5 Å². The number of Topliss-reactive ketones (excluding diaryl/α,β-unsaturated/α-hetero) is 1. The Morgan fingerprint density at radius 2 is 1.78 bits per heavy atom. The van der Waals surface area contributed by atoms with Gasteiger partial charge in [0.05, 0.1) is 26.2 Å². The highest BCUT2D eigenvalue weighted by Crippen LogP contribution is 2.44. The van der Waals surface area contributed by atoms with Crippen molar-refractivity contribution in [1.82, 2.24) is 0 Å². The summed E-state index contributed by atoms with van der Waals surface area (Å²) in [6, 6.07) is 5.64. The quantitative estimate of drug-likeness (QED) is 0.540. The molecule has 1 heterocycles. The number of ketones is 1. The first-order valence-corrected chi connectivity index (χ1v) is 7.81. The third-order valence-electron chi connectivity index (χ3n) is 4.05. The maximum atomic E-state index is 12.5. The van der Waals surface area contributed by atoms with Gasteiger partial charge in [-0.15, -0.1) is 0 Å². The summed E-state index contributed by atoms with van der Waals surface area (Å²) >= 11 is 0. The first kappa shape index (κ1) is 18.1. The second kappa shape index (κ2) is 6.91. The molecular weight excluding hydrogens is 356 g/mol. The first-order chi connectivity index (χ1) is 12.8. The highest BCUT2D eigenvalue weighted by Gasteiger charge is 2.31.